The Hall–Kier alpha value is -2.09. The van der Waals surface area contributed by atoms with E-state index in [0.717, 1.165) is 69.8 Å². The van der Waals surface area contributed by atoms with Crippen LogP contribution >= 0.6 is 0 Å². The van der Waals surface area contributed by atoms with E-state index in [1.807, 2.05) is 0 Å². The number of rotatable bonds is 33. The number of ether oxygens (including phenoxy) is 1. The lowest BCUT2D eigenvalue weighted by Crippen LogP contribution is -2.06. The van der Waals surface area contributed by atoms with Crippen LogP contribution in [-0.4, -0.2) is 12.6 Å². The number of carbonyl (C=O) groups excluding carboxylic acids is 1. The fourth-order valence-electron chi connectivity index (χ4n) is 6.26. The first-order chi connectivity index (χ1) is 24.1. The Labute approximate surface area is 313 Å². The van der Waals surface area contributed by atoms with Gasteiger partial charge in [0.05, 0.1) is 0 Å². The Bertz CT molecular complexity index is 1010. The SMILES string of the molecule is CCCCCCCCCCCCCCCCCC(=O)OC/C(C)=C/CC/C(C)=C/CC/C(C)=C/CC/C=C(\C)CC/C=C(\C)CCC=C(C)C. The van der Waals surface area contributed by atoms with Crippen LogP contribution in [0.1, 0.15) is 222 Å². The van der Waals surface area contributed by atoms with Crippen LogP contribution in [0.4, 0.5) is 0 Å². The molecule has 0 aromatic rings. The van der Waals surface area contributed by atoms with Crippen LogP contribution in [-0.2, 0) is 9.53 Å². The summed E-state index contributed by atoms with van der Waals surface area (Å²) in [6.45, 7) is 18.2. The largest absolute Gasteiger partial charge is 0.461 e. The van der Waals surface area contributed by atoms with Gasteiger partial charge in [-0.3, -0.25) is 4.79 Å². The first-order valence-corrected chi connectivity index (χ1v) is 21.2. The van der Waals surface area contributed by atoms with Gasteiger partial charge in [-0.2, -0.15) is 0 Å². The number of hydrogen-bond acceptors (Lipinski definition) is 2. The molecule has 0 aromatic heterocycles. The number of allylic oxidation sites excluding steroid dienone is 11. The lowest BCUT2D eigenvalue weighted by atomic mass is 10.0. The second kappa shape index (κ2) is 35.3. The van der Waals surface area contributed by atoms with Gasteiger partial charge in [0.15, 0.2) is 0 Å². The zero-order chi connectivity index (χ0) is 37.1. The van der Waals surface area contributed by atoms with E-state index in [0.29, 0.717) is 13.0 Å². The second-order valence-corrected chi connectivity index (χ2v) is 15.6. The van der Waals surface area contributed by atoms with E-state index in [-0.39, 0.29) is 5.97 Å². The molecular weight excluding hydrogens is 609 g/mol. The smallest absolute Gasteiger partial charge is 0.306 e. The van der Waals surface area contributed by atoms with Gasteiger partial charge in [-0.25, -0.2) is 0 Å². The maximum Gasteiger partial charge on any atom is 0.306 e. The molecule has 2 heteroatoms. The van der Waals surface area contributed by atoms with Gasteiger partial charge < -0.3 is 4.74 Å². The van der Waals surface area contributed by atoms with E-state index in [9.17, 15) is 4.79 Å². The van der Waals surface area contributed by atoms with Gasteiger partial charge in [-0.1, -0.05) is 161 Å². The zero-order valence-electron chi connectivity index (χ0n) is 34.9. The van der Waals surface area contributed by atoms with Gasteiger partial charge in [-0.05, 0) is 125 Å². The van der Waals surface area contributed by atoms with Gasteiger partial charge in [-0.15, -0.1) is 0 Å². The first kappa shape index (κ1) is 47.9. The normalized spacial score (nSPS) is 13.2. The quantitative estimate of drug-likeness (QED) is 0.0389. The lowest BCUT2D eigenvalue weighted by Gasteiger charge is -2.06. The van der Waals surface area contributed by atoms with Gasteiger partial charge in [0.2, 0.25) is 0 Å². The van der Waals surface area contributed by atoms with Gasteiger partial charge in [0, 0.05) is 6.42 Å². The monoisotopic (exact) mass is 693 g/mol. The molecule has 0 aliphatic carbocycles. The Kier molecular flexibility index (Phi) is 33.8. The minimum atomic E-state index is -0.0395. The molecule has 288 valence electrons. The van der Waals surface area contributed by atoms with Crippen molar-refractivity contribution in [2.24, 2.45) is 0 Å². The topological polar surface area (TPSA) is 26.3 Å². The highest BCUT2D eigenvalue weighted by atomic mass is 16.5. The molecule has 0 heterocycles. The summed E-state index contributed by atoms with van der Waals surface area (Å²) in [6.07, 6.45) is 46.2. The van der Waals surface area contributed by atoms with Gasteiger partial charge >= 0.3 is 5.97 Å². The molecule has 0 radical (unpaired) electrons. The third-order valence-corrected chi connectivity index (χ3v) is 9.78. The van der Waals surface area contributed by atoms with Crippen LogP contribution in [0.25, 0.3) is 0 Å². The molecule has 0 amide bonds. The molecule has 0 aliphatic heterocycles. The Morgan fingerprint density at radius 1 is 0.380 bits per heavy atom. The van der Waals surface area contributed by atoms with Crippen molar-refractivity contribution in [1.82, 2.24) is 0 Å². The molecular formula is C48H84O2. The summed E-state index contributed by atoms with van der Waals surface area (Å²) in [6, 6.07) is 0. The molecule has 2 nitrogen and oxygen atoms in total. The molecule has 0 saturated carbocycles. The van der Waals surface area contributed by atoms with Crippen molar-refractivity contribution >= 4 is 5.97 Å². The molecule has 0 fully saturated rings. The third-order valence-electron chi connectivity index (χ3n) is 9.78. The predicted octanol–water partition coefficient (Wildman–Crippen LogP) is 16.4. The van der Waals surface area contributed by atoms with Crippen molar-refractivity contribution in [2.75, 3.05) is 6.61 Å². The van der Waals surface area contributed by atoms with Crippen molar-refractivity contribution in [2.45, 2.75) is 222 Å². The Morgan fingerprint density at radius 2 is 0.700 bits per heavy atom. The molecule has 0 rings (SSSR count). The lowest BCUT2D eigenvalue weighted by molar-refractivity contribution is -0.142. The average Bonchev–Trinajstić information content (AvgIpc) is 3.07. The van der Waals surface area contributed by atoms with Crippen molar-refractivity contribution < 1.29 is 9.53 Å². The molecule has 0 N–H and O–H groups in total. The molecule has 0 aliphatic rings. The van der Waals surface area contributed by atoms with Crippen molar-refractivity contribution in [3.05, 3.63) is 69.9 Å². The standard InChI is InChI=1S/C48H84O2/c1-9-10-11-12-13-14-15-16-17-18-19-20-21-22-23-40-48(49)50-41-47(8)39-29-38-46(7)37-28-35-44(5)32-25-24-31-43(4)34-27-36-45(6)33-26-30-42(2)3/h30-32,36-37,39H,9-29,33-35,38,40-41H2,1-8H3/b43-31+,44-32+,45-36+,46-37+,47-39+. The number of carbonyl (C=O) groups is 1. The molecule has 50 heavy (non-hydrogen) atoms. The number of hydrogen-bond donors (Lipinski definition) is 0. The molecule has 0 bridgehead atoms. The Morgan fingerprint density at radius 3 is 1.08 bits per heavy atom. The van der Waals surface area contributed by atoms with Gasteiger partial charge in [0.1, 0.15) is 6.61 Å². The Balaban J connectivity index is 3.87. The predicted molar refractivity (Wildman–Crippen MR) is 225 cm³/mol. The van der Waals surface area contributed by atoms with E-state index < -0.39 is 0 Å². The fraction of sp³-hybridized carbons (Fsp3) is 0.729. The van der Waals surface area contributed by atoms with E-state index >= 15 is 0 Å². The fourth-order valence-corrected chi connectivity index (χ4v) is 6.26. The van der Waals surface area contributed by atoms with E-state index in [1.165, 1.54) is 124 Å². The summed E-state index contributed by atoms with van der Waals surface area (Å²) in [4.78, 5) is 12.2. The van der Waals surface area contributed by atoms with Crippen LogP contribution in [0.5, 0.6) is 0 Å². The highest BCUT2D eigenvalue weighted by molar-refractivity contribution is 5.69. The minimum absolute atomic E-state index is 0.0395. The summed E-state index contributed by atoms with van der Waals surface area (Å²) in [5.74, 6) is -0.0395. The van der Waals surface area contributed by atoms with Crippen molar-refractivity contribution in [1.29, 1.82) is 0 Å². The van der Waals surface area contributed by atoms with Crippen LogP contribution in [0.3, 0.4) is 0 Å². The molecule has 0 spiro atoms. The van der Waals surface area contributed by atoms with E-state index in [2.05, 4.69) is 91.8 Å². The molecule has 0 aromatic carbocycles. The third kappa shape index (κ3) is 35.7. The average molecular weight is 693 g/mol. The summed E-state index contributed by atoms with van der Waals surface area (Å²) >= 11 is 0. The van der Waals surface area contributed by atoms with Crippen LogP contribution in [0.2, 0.25) is 0 Å². The second-order valence-electron chi connectivity index (χ2n) is 15.6. The summed E-state index contributed by atoms with van der Waals surface area (Å²) in [7, 11) is 0. The molecule has 0 atom stereocenters. The highest BCUT2D eigenvalue weighted by Crippen LogP contribution is 2.16. The van der Waals surface area contributed by atoms with Crippen LogP contribution < -0.4 is 0 Å². The molecule has 0 saturated heterocycles. The van der Waals surface area contributed by atoms with Crippen molar-refractivity contribution in [3.63, 3.8) is 0 Å². The van der Waals surface area contributed by atoms with Gasteiger partial charge in [0.25, 0.3) is 0 Å². The van der Waals surface area contributed by atoms with E-state index in [4.69, 9.17) is 4.74 Å². The highest BCUT2D eigenvalue weighted by Gasteiger charge is 2.03. The maximum absolute atomic E-state index is 12.2. The van der Waals surface area contributed by atoms with E-state index in [1.54, 1.807) is 0 Å². The minimum Gasteiger partial charge on any atom is -0.461 e. The zero-order valence-corrected chi connectivity index (χ0v) is 34.9. The number of esters is 1. The molecule has 0 unspecified atom stereocenters. The first-order valence-electron chi connectivity index (χ1n) is 21.2. The summed E-state index contributed by atoms with van der Waals surface area (Å²) < 4.78 is 5.53. The van der Waals surface area contributed by atoms with Crippen LogP contribution in [0, 0.1) is 0 Å². The van der Waals surface area contributed by atoms with Crippen LogP contribution in [0.15, 0.2) is 69.9 Å². The summed E-state index contributed by atoms with van der Waals surface area (Å²) in [5.41, 5.74) is 8.55. The number of unbranched alkanes of at least 4 members (excludes halogenated alkanes) is 15. The van der Waals surface area contributed by atoms with Crippen molar-refractivity contribution in [3.8, 4) is 0 Å². The maximum atomic E-state index is 12.2. The summed E-state index contributed by atoms with van der Waals surface area (Å²) in [5, 5.41) is 0.